The number of hydrogen-bond acceptors (Lipinski definition) is 4. The number of carbonyl (C=O) groups is 2. The molecule has 0 spiro atoms. The quantitative estimate of drug-likeness (QED) is 0.687. The van der Waals surface area contributed by atoms with Crippen LogP contribution in [0, 0.1) is 0 Å². The summed E-state index contributed by atoms with van der Waals surface area (Å²) in [7, 11) is 0. The Bertz CT molecular complexity index is 1050. The summed E-state index contributed by atoms with van der Waals surface area (Å²) in [5.74, 6) is 0.273. The topological polar surface area (TPSA) is 68.5 Å². The standard InChI is InChI=1S/C23H23NO4/c1-3-27-23(26)20(24-14(2)25)13-15-8-11-21-19(12-15)18-10-9-16-6-4-5-7-17(16)22(18)28-21/h4-8,11-12,20H,3,9-10,13H2,1-2H3,(H,24,25)/t20-/m0/s1. The van der Waals surface area contributed by atoms with Crippen LogP contribution in [0.15, 0.2) is 46.9 Å². The lowest BCUT2D eigenvalue weighted by molar-refractivity contribution is -0.147. The average molecular weight is 377 g/mol. The number of rotatable bonds is 5. The minimum Gasteiger partial charge on any atom is -0.464 e. The highest BCUT2D eigenvalue weighted by atomic mass is 16.5. The number of fused-ring (bicyclic) bond motifs is 5. The van der Waals surface area contributed by atoms with Gasteiger partial charge in [-0.15, -0.1) is 0 Å². The maximum Gasteiger partial charge on any atom is 0.328 e. The fourth-order valence-electron chi connectivity index (χ4n) is 3.93. The van der Waals surface area contributed by atoms with Crippen molar-refractivity contribution in [2.24, 2.45) is 0 Å². The molecular weight excluding hydrogens is 354 g/mol. The van der Waals surface area contributed by atoms with E-state index in [2.05, 4.69) is 29.6 Å². The summed E-state index contributed by atoms with van der Waals surface area (Å²) in [6.45, 7) is 3.44. The van der Waals surface area contributed by atoms with Gasteiger partial charge in [-0.05, 0) is 43.0 Å². The van der Waals surface area contributed by atoms with Gasteiger partial charge in [0.25, 0.3) is 0 Å². The van der Waals surface area contributed by atoms with Crippen molar-refractivity contribution >= 4 is 22.8 Å². The van der Waals surface area contributed by atoms with Crippen molar-refractivity contribution in [2.75, 3.05) is 6.61 Å². The van der Waals surface area contributed by atoms with Gasteiger partial charge in [-0.3, -0.25) is 4.79 Å². The minimum absolute atomic E-state index is 0.253. The zero-order valence-corrected chi connectivity index (χ0v) is 16.1. The lowest BCUT2D eigenvalue weighted by Gasteiger charge is -2.16. The second kappa shape index (κ2) is 7.50. The third-order valence-electron chi connectivity index (χ3n) is 5.15. The number of amides is 1. The van der Waals surface area contributed by atoms with Crippen LogP contribution in [0.3, 0.4) is 0 Å². The van der Waals surface area contributed by atoms with Gasteiger partial charge in [0, 0.05) is 29.9 Å². The summed E-state index contributed by atoms with van der Waals surface area (Å²) in [4.78, 5) is 23.7. The lowest BCUT2D eigenvalue weighted by atomic mass is 9.89. The number of furan rings is 1. The first-order valence-corrected chi connectivity index (χ1v) is 9.63. The zero-order chi connectivity index (χ0) is 19.7. The van der Waals surface area contributed by atoms with E-state index in [0.29, 0.717) is 6.42 Å². The molecule has 5 nitrogen and oxygen atoms in total. The van der Waals surface area contributed by atoms with E-state index in [4.69, 9.17) is 9.15 Å². The number of esters is 1. The molecule has 1 heterocycles. The second-order valence-electron chi connectivity index (χ2n) is 7.11. The van der Waals surface area contributed by atoms with Gasteiger partial charge < -0.3 is 14.5 Å². The van der Waals surface area contributed by atoms with E-state index in [-0.39, 0.29) is 12.5 Å². The zero-order valence-electron chi connectivity index (χ0n) is 16.1. The molecule has 4 rings (SSSR count). The summed E-state index contributed by atoms with van der Waals surface area (Å²) in [6, 6.07) is 13.6. The van der Waals surface area contributed by atoms with Crippen molar-refractivity contribution in [3.05, 3.63) is 59.2 Å². The molecule has 1 amide bonds. The molecule has 0 aliphatic heterocycles. The van der Waals surface area contributed by atoms with E-state index in [1.54, 1.807) is 6.92 Å². The van der Waals surface area contributed by atoms with E-state index in [1.165, 1.54) is 18.1 Å². The van der Waals surface area contributed by atoms with Crippen molar-refractivity contribution < 1.29 is 18.7 Å². The molecule has 0 saturated carbocycles. The van der Waals surface area contributed by atoms with Crippen LogP contribution in [0.25, 0.3) is 22.3 Å². The Labute approximate surface area is 163 Å². The number of carbonyl (C=O) groups excluding carboxylic acids is 2. The first kappa shape index (κ1) is 18.3. The molecule has 28 heavy (non-hydrogen) atoms. The molecule has 0 bridgehead atoms. The summed E-state index contributed by atoms with van der Waals surface area (Å²) in [6.07, 6.45) is 2.29. The monoisotopic (exact) mass is 377 g/mol. The van der Waals surface area contributed by atoms with Gasteiger partial charge in [0.2, 0.25) is 5.91 Å². The van der Waals surface area contributed by atoms with E-state index < -0.39 is 12.0 Å². The van der Waals surface area contributed by atoms with Crippen molar-refractivity contribution in [3.8, 4) is 11.3 Å². The number of benzene rings is 2. The van der Waals surface area contributed by atoms with Gasteiger partial charge in [0.1, 0.15) is 17.4 Å². The summed E-state index contributed by atoms with van der Waals surface area (Å²) >= 11 is 0. The van der Waals surface area contributed by atoms with Crippen LogP contribution in [0.5, 0.6) is 0 Å². The Morgan fingerprint density at radius 2 is 2.00 bits per heavy atom. The van der Waals surface area contributed by atoms with Crippen LogP contribution >= 0.6 is 0 Å². The van der Waals surface area contributed by atoms with Gasteiger partial charge in [-0.2, -0.15) is 0 Å². The molecule has 1 atom stereocenters. The molecule has 2 aromatic carbocycles. The Hall–Kier alpha value is -3.08. The van der Waals surface area contributed by atoms with Crippen LogP contribution in [0.2, 0.25) is 0 Å². The Kier molecular flexibility index (Phi) is 4.90. The Morgan fingerprint density at radius 1 is 1.18 bits per heavy atom. The molecule has 0 saturated heterocycles. The molecule has 144 valence electrons. The third-order valence-corrected chi connectivity index (χ3v) is 5.15. The van der Waals surface area contributed by atoms with Crippen LogP contribution < -0.4 is 5.32 Å². The SMILES string of the molecule is CCOC(=O)[C@H](Cc1ccc2oc3c(c2c1)CCc1ccccc1-3)NC(C)=O. The van der Waals surface area contributed by atoms with Crippen LogP contribution in [-0.4, -0.2) is 24.5 Å². The number of nitrogens with one attached hydrogen (secondary N) is 1. The normalized spacial score (nSPS) is 13.5. The number of ether oxygens (including phenoxy) is 1. The van der Waals surface area contributed by atoms with E-state index >= 15 is 0 Å². The van der Waals surface area contributed by atoms with Crippen LogP contribution in [0.1, 0.15) is 30.5 Å². The van der Waals surface area contributed by atoms with Gasteiger partial charge in [-0.1, -0.05) is 30.3 Å². The molecular formula is C23H23NO4. The minimum atomic E-state index is -0.696. The van der Waals surface area contributed by atoms with Gasteiger partial charge >= 0.3 is 5.97 Å². The maximum atomic E-state index is 12.2. The first-order chi connectivity index (χ1) is 13.6. The first-order valence-electron chi connectivity index (χ1n) is 9.63. The fourth-order valence-corrected chi connectivity index (χ4v) is 3.93. The molecule has 3 aromatic rings. The van der Waals surface area contributed by atoms with Crippen molar-refractivity contribution in [3.63, 3.8) is 0 Å². The fraction of sp³-hybridized carbons (Fsp3) is 0.304. The van der Waals surface area contributed by atoms with E-state index in [1.807, 2.05) is 18.2 Å². The summed E-state index contributed by atoms with van der Waals surface area (Å²) in [5, 5.41) is 3.77. The van der Waals surface area contributed by atoms with Gasteiger partial charge in [-0.25, -0.2) is 4.79 Å². The number of hydrogen-bond donors (Lipinski definition) is 1. The molecule has 0 radical (unpaired) electrons. The highest BCUT2D eigenvalue weighted by molar-refractivity contribution is 5.90. The molecule has 1 N–H and O–H groups in total. The van der Waals surface area contributed by atoms with Gasteiger partial charge in [0.05, 0.1) is 6.61 Å². The highest BCUT2D eigenvalue weighted by Crippen LogP contribution is 2.40. The average Bonchev–Trinajstić information content (AvgIpc) is 3.06. The second-order valence-corrected chi connectivity index (χ2v) is 7.11. The van der Waals surface area contributed by atoms with E-state index in [0.717, 1.165) is 40.7 Å². The largest absolute Gasteiger partial charge is 0.464 e. The summed E-state index contributed by atoms with van der Waals surface area (Å²) in [5.41, 5.74) is 5.48. The molecule has 1 aromatic heterocycles. The molecule has 0 unspecified atom stereocenters. The Morgan fingerprint density at radius 3 is 2.79 bits per heavy atom. The predicted molar refractivity (Wildman–Crippen MR) is 107 cm³/mol. The van der Waals surface area contributed by atoms with Gasteiger partial charge in [0.15, 0.2) is 0 Å². The smallest absolute Gasteiger partial charge is 0.328 e. The Balaban J connectivity index is 1.68. The molecule has 5 heteroatoms. The molecule has 1 aliphatic carbocycles. The maximum absolute atomic E-state index is 12.2. The highest BCUT2D eigenvalue weighted by Gasteiger charge is 2.24. The van der Waals surface area contributed by atoms with Crippen LogP contribution in [-0.2, 0) is 33.6 Å². The van der Waals surface area contributed by atoms with Crippen molar-refractivity contribution in [1.29, 1.82) is 0 Å². The summed E-state index contributed by atoms with van der Waals surface area (Å²) < 4.78 is 11.3. The molecule has 0 fully saturated rings. The third kappa shape index (κ3) is 3.40. The van der Waals surface area contributed by atoms with Crippen molar-refractivity contribution in [2.45, 2.75) is 39.2 Å². The van der Waals surface area contributed by atoms with Crippen LogP contribution in [0.4, 0.5) is 0 Å². The predicted octanol–water partition coefficient (Wildman–Crippen LogP) is 3.81. The lowest BCUT2D eigenvalue weighted by Crippen LogP contribution is -2.42. The molecule has 1 aliphatic rings. The van der Waals surface area contributed by atoms with Crippen molar-refractivity contribution in [1.82, 2.24) is 5.32 Å². The van der Waals surface area contributed by atoms with E-state index in [9.17, 15) is 9.59 Å². The number of aryl methyl sites for hydroxylation is 2.